The van der Waals surface area contributed by atoms with Crippen molar-refractivity contribution in [1.29, 1.82) is 0 Å². The van der Waals surface area contributed by atoms with Crippen molar-refractivity contribution in [1.82, 2.24) is 9.55 Å². The lowest BCUT2D eigenvalue weighted by Crippen LogP contribution is -2.26. The van der Waals surface area contributed by atoms with Gasteiger partial charge < -0.3 is 15.0 Å². The van der Waals surface area contributed by atoms with Crippen LogP contribution in [-0.4, -0.2) is 21.3 Å². The first-order valence-corrected chi connectivity index (χ1v) is 8.10. The molecule has 21 heavy (non-hydrogen) atoms. The second-order valence-electron chi connectivity index (χ2n) is 6.55. The summed E-state index contributed by atoms with van der Waals surface area (Å²) < 4.78 is 8.66. The lowest BCUT2D eigenvalue weighted by Gasteiger charge is -2.24. The summed E-state index contributed by atoms with van der Waals surface area (Å²) in [7, 11) is 0. The van der Waals surface area contributed by atoms with E-state index in [1.54, 1.807) is 0 Å². The second-order valence-corrected chi connectivity index (χ2v) is 6.55. The van der Waals surface area contributed by atoms with Gasteiger partial charge in [-0.25, -0.2) is 4.98 Å². The highest BCUT2D eigenvalue weighted by atomic mass is 16.5. The molecule has 1 saturated heterocycles. The van der Waals surface area contributed by atoms with Gasteiger partial charge in [-0.15, -0.1) is 0 Å². The fraction of sp³-hybridized carbons (Fsp3) is 0.588. The normalized spacial score (nSPS) is 24.3. The Morgan fingerprint density at radius 2 is 2.19 bits per heavy atom. The average molecular weight is 285 g/mol. The average Bonchev–Trinajstić information content (AvgIpc) is 3.21. The Hall–Kier alpha value is -1.39. The minimum absolute atomic E-state index is 0.206. The van der Waals surface area contributed by atoms with Crippen LogP contribution in [-0.2, 0) is 17.8 Å². The van der Waals surface area contributed by atoms with Crippen molar-refractivity contribution in [2.45, 2.75) is 63.3 Å². The maximum atomic E-state index is 6.43. The molecule has 4 heteroatoms. The van der Waals surface area contributed by atoms with Crippen LogP contribution in [0.1, 0.15) is 44.1 Å². The SMILES string of the molecule is NCc1cn(CC2CCC3(CCCC3)O2)c2ncccc12. The summed E-state index contributed by atoms with van der Waals surface area (Å²) in [5, 5.41) is 1.17. The third kappa shape index (κ3) is 2.27. The monoisotopic (exact) mass is 285 g/mol. The number of hydrogen-bond acceptors (Lipinski definition) is 3. The van der Waals surface area contributed by atoms with Gasteiger partial charge in [0.2, 0.25) is 0 Å². The van der Waals surface area contributed by atoms with E-state index >= 15 is 0 Å². The highest BCUT2D eigenvalue weighted by molar-refractivity contribution is 5.80. The van der Waals surface area contributed by atoms with Crippen LogP contribution in [0.3, 0.4) is 0 Å². The van der Waals surface area contributed by atoms with E-state index in [-0.39, 0.29) is 5.60 Å². The van der Waals surface area contributed by atoms with Crippen LogP contribution in [0.2, 0.25) is 0 Å². The zero-order chi connectivity index (χ0) is 14.3. The summed E-state index contributed by atoms with van der Waals surface area (Å²) in [4.78, 5) is 4.53. The number of aromatic nitrogens is 2. The Balaban J connectivity index is 1.58. The number of fused-ring (bicyclic) bond motifs is 1. The molecule has 112 valence electrons. The van der Waals surface area contributed by atoms with Gasteiger partial charge in [0, 0.05) is 24.3 Å². The molecule has 1 unspecified atom stereocenters. The first-order chi connectivity index (χ1) is 10.3. The molecular weight excluding hydrogens is 262 g/mol. The van der Waals surface area contributed by atoms with Crippen LogP contribution in [0.5, 0.6) is 0 Å². The Morgan fingerprint density at radius 1 is 1.33 bits per heavy atom. The number of rotatable bonds is 3. The number of pyridine rings is 1. The maximum absolute atomic E-state index is 6.43. The van der Waals surface area contributed by atoms with Gasteiger partial charge >= 0.3 is 0 Å². The van der Waals surface area contributed by atoms with E-state index < -0.39 is 0 Å². The smallest absolute Gasteiger partial charge is 0.140 e. The topological polar surface area (TPSA) is 53.1 Å². The first kappa shape index (κ1) is 13.3. The zero-order valence-electron chi connectivity index (χ0n) is 12.4. The van der Waals surface area contributed by atoms with Crippen LogP contribution in [0, 0.1) is 0 Å². The van der Waals surface area contributed by atoms with Crippen LogP contribution < -0.4 is 5.73 Å². The minimum Gasteiger partial charge on any atom is -0.370 e. The summed E-state index contributed by atoms with van der Waals surface area (Å²) in [6.45, 7) is 1.46. The fourth-order valence-electron chi connectivity index (χ4n) is 4.13. The standard InChI is InChI=1S/C17H23N3O/c18-10-13-11-20(16-15(13)4-3-9-19-16)12-14-5-8-17(21-14)6-1-2-7-17/h3-4,9,11,14H,1-2,5-8,10,12,18H2. The molecule has 1 aliphatic carbocycles. The van der Waals surface area contributed by atoms with Crippen LogP contribution >= 0.6 is 0 Å². The Bertz CT molecular complexity index is 643. The predicted octanol–water partition coefficient (Wildman–Crippen LogP) is 2.99. The molecule has 2 fully saturated rings. The third-order valence-electron chi connectivity index (χ3n) is 5.19. The largest absolute Gasteiger partial charge is 0.370 e. The van der Waals surface area contributed by atoms with Crippen LogP contribution in [0.15, 0.2) is 24.5 Å². The molecule has 1 atom stereocenters. The maximum Gasteiger partial charge on any atom is 0.140 e. The lowest BCUT2D eigenvalue weighted by molar-refractivity contribution is -0.0414. The van der Waals surface area contributed by atoms with Gasteiger partial charge in [0.15, 0.2) is 0 Å². The van der Waals surface area contributed by atoms with Crippen molar-refractivity contribution in [3.8, 4) is 0 Å². The third-order valence-corrected chi connectivity index (χ3v) is 5.19. The minimum atomic E-state index is 0.206. The molecule has 2 aliphatic rings. The Labute approximate surface area is 125 Å². The van der Waals surface area contributed by atoms with Gasteiger partial charge in [-0.2, -0.15) is 0 Å². The number of nitrogens with two attached hydrogens (primary N) is 1. The van der Waals surface area contributed by atoms with E-state index in [4.69, 9.17) is 10.5 Å². The summed E-state index contributed by atoms with van der Waals surface area (Å²) in [5.41, 5.74) is 8.27. The predicted molar refractivity (Wildman–Crippen MR) is 82.9 cm³/mol. The molecule has 4 nitrogen and oxygen atoms in total. The molecule has 1 spiro atoms. The molecule has 2 aromatic heterocycles. The van der Waals surface area contributed by atoms with Crippen molar-refractivity contribution in [2.24, 2.45) is 5.73 Å². The van der Waals surface area contributed by atoms with Crippen LogP contribution in [0.4, 0.5) is 0 Å². The molecule has 2 aromatic rings. The van der Waals surface area contributed by atoms with Crippen molar-refractivity contribution in [2.75, 3.05) is 0 Å². The van der Waals surface area contributed by atoms with Crippen molar-refractivity contribution in [3.05, 3.63) is 30.1 Å². The van der Waals surface area contributed by atoms with Gasteiger partial charge in [-0.1, -0.05) is 12.8 Å². The van der Waals surface area contributed by atoms with Crippen molar-refractivity contribution in [3.63, 3.8) is 0 Å². The summed E-state index contributed by atoms with van der Waals surface area (Å²) in [6.07, 6.45) is 11.9. The highest BCUT2D eigenvalue weighted by Crippen LogP contribution is 2.43. The number of nitrogens with zero attached hydrogens (tertiary/aromatic N) is 2. The lowest BCUT2D eigenvalue weighted by atomic mass is 9.98. The van der Waals surface area contributed by atoms with Crippen molar-refractivity contribution >= 4 is 11.0 Å². The first-order valence-electron chi connectivity index (χ1n) is 8.10. The fourth-order valence-corrected chi connectivity index (χ4v) is 4.13. The van der Waals surface area contributed by atoms with Crippen molar-refractivity contribution < 1.29 is 4.74 Å². The summed E-state index contributed by atoms with van der Waals surface area (Å²) in [6, 6.07) is 4.08. The summed E-state index contributed by atoms with van der Waals surface area (Å²) in [5.74, 6) is 0. The molecular formula is C17H23N3O. The molecule has 3 heterocycles. The molecule has 4 rings (SSSR count). The second kappa shape index (κ2) is 5.11. The van der Waals surface area contributed by atoms with Crippen LogP contribution in [0.25, 0.3) is 11.0 Å². The highest BCUT2D eigenvalue weighted by Gasteiger charge is 2.42. The van der Waals surface area contributed by atoms with E-state index in [1.165, 1.54) is 49.5 Å². The van der Waals surface area contributed by atoms with Gasteiger partial charge in [0.05, 0.1) is 18.2 Å². The van der Waals surface area contributed by atoms with E-state index in [0.29, 0.717) is 12.6 Å². The molecule has 0 bridgehead atoms. The molecule has 1 saturated carbocycles. The number of ether oxygens (including phenoxy) is 1. The van der Waals surface area contributed by atoms with E-state index in [0.717, 1.165) is 12.2 Å². The van der Waals surface area contributed by atoms with E-state index in [2.05, 4.69) is 21.8 Å². The van der Waals surface area contributed by atoms with Gasteiger partial charge in [0.1, 0.15) is 5.65 Å². The van der Waals surface area contributed by atoms with E-state index in [9.17, 15) is 0 Å². The number of hydrogen-bond donors (Lipinski definition) is 1. The Kier molecular flexibility index (Phi) is 3.23. The molecule has 0 amide bonds. The molecule has 0 radical (unpaired) electrons. The quantitative estimate of drug-likeness (QED) is 0.943. The van der Waals surface area contributed by atoms with Gasteiger partial charge in [-0.05, 0) is 43.4 Å². The van der Waals surface area contributed by atoms with Gasteiger partial charge in [0.25, 0.3) is 0 Å². The summed E-state index contributed by atoms with van der Waals surface area (Å²) >= 11 is 0. The molecule has 0 aromatic carbocycles. The van der Waals surface area contributed by atoms with E-state index in [1.807, 2.05) is 12.3 Å². The Morgan fingerprint density at radius 3 is 3.00 bits per heavy atom. The molecule has 1 aliphatic heterocycles. The zero-order valence-corrected chi connectivity index (χ0v) is 12.4. The molecule has 2 N–H and O–H groups in total. The van der Waals surface area contributed by atoms with Gasteiger partial charge in [-0.3, -0.25) is 0 Å².